The van der Waals surface area contributed by atoms with Crippen molar-refractivity contribution in [2.45, 2.75) is 12.7 Å². The number of benzene rings is 2. The third-order valence-corrected chi connectivity index (χ3v) is 3.98. The van der Waals surface area contributed by atoms with E-state index in [0.717, 1.165) is 6.26 Å². The largest absolute Gasteiger partial charge is 0.471 e. The second-order valence-electron chi connectivity index (χ2n) is 5.78. The summed E-state index contributed by atoms with van der Waals surface area (Å²) in [5, 5.41) is 4.34. The third kappa shape index (κ3) is 6.58. The van der Waals surface area contributed by atoms with Gasteiger partial charge in [-0.25, -0.2) is 8.42 Å². The molecule has 0 saturated heterocycles. The maximum Gasteiger partial charge on any atom is 0.471 e. The number of carbonyl (C=O) groups is 2. The highest BCUT2D eigenvalue weighted by Gasteiger charge is 2.38. The van der Waals surface area contributed by atoms with E-state index in [1.54, 1.807) is 5.32 Å². The minimum Gasteiger partial charge on any atom is -0.348 e. The van der Waals surface area contributed by atoms with Crippen LogP contribution in [-0.4, -0.2) is 32.7 Å². The molecule has 2 aromatic rings. The van der Waals surface area contributed by atoms with Gasteiger partial charge >= 0.3 is 12.1 Å². The number of rotatable bonds is 6. The van der Waals surface area contributed by atoms with Crippen molar-refractivity contribution < 1.29 is 31.2 Å². The van der Waals surface area contributed by atoms with E-state index in [2.05, 4.69) is 10.0 Å². The van der Waals surface area contributed by atoms with E-state index in [1.165, 1.54) is 48.5 Å². The number of alkyl halides is 3. The first-order valence-electron chi connectivity index (χ1n) is 7.77. The van der Waals surface area contributed by atoms with Gasteiger partial charge < -0.3 is 10.6 Å². The lowest BCUT2D eigenvalue weighted by Crippen LogP contribution is -2.29. The molecule has 0 fully saturated rings. The van der Waals surface area contributed by atoms with Crippen LogP contribution < -0.4 is 15.4 Å². The first kappa shape index (κ1) is 21.2. The van der Waals surface area contributed by atoms with E-state index in [-0.39, 0.29) is 12.2 Å². The Kier molecular flexibility index (Phi) is 6.29. The Hall–Kier alpha value is -3.08. The Morgan fingerprint density at radius 3 is 1.96 bits per heavy atom. The Morgan fingerprint density at radius 2 is 1.46 bits per heavy atom. The van der Waals surface area contributed by atoms with Gasteiger partial charge in [0.2, 0.25) is 10.0 Å². The molecule has 150 valence electrons. The molecule has 0 radical (unpaired) electrons. The summed E-state index contributed by atoms with van der Waals surface area (Å²) < 4.78 is 61.1. The molecule has 0 unspecified atom stereocenters. The van der Waals surface area contributed by atoms with Crippen LogP contribution in [-0.2, 0) is 21.4 Å². The van der Waals surface area contributed by atoms with Gasteiger partial charge in [0.15, 0.2) is 0 Å². The average molecular weight is 415 g/mol. The fraction of sp³-hybridized carbons (Fsp3) is 0.176. The van der Waals surface area contributed by atoms with Crippen LogP contribution in [0.2, 0.25) is 0 Å². The van der Waals surface area contributed by atoms with Crippen LogP contribution in [0, 0.1) is 0 Å². The quantitative estimate of drug-likeness (QED) is 0.674. The lowest BCUT2D eigenvalue weighted by atomic mass is 10.1. The average Bonchev–Trinajstić information content (AvgIpc) is 2.59. The molecule has 0 aliphatic heterocycles. The van der Waals surface area contributed by atoms with Gasteiger partial charge in [-0.3, -0.25) is 14.3 Å². The summed E-state index contributed by atoms with van der Waals surface area (Å²) in [6.07, 6.45) is -3.97. The number of sulfonamides is 1. The monoisotopic (exact) mass is 415 g/mol. The molecule has 0 bridgehead atoms. The Balaban J connectivity index is 1.91. The number of nitrogens with one attached hydrogen (secondary N) is 3. The molecule has 0 aliphatic carbocycles. The van der Waals surface area contributed by atoms with Gasteiger partial charge in [-0.2, -0.15) is 13.2 Å². The summed E-state index contributed by atoms with van der Waals surface area (Å²) in [6.45, 7) is 0.107. The molecule has 2 amide bonds. The Morgan fingerprint density at radius 1 is 0.929 bits per heavy atom. The molecule has 7 nitrogen and oxygen atoms in total. The molecule has 0 aromatic heterocycles. The lowest BCUT2D eigenvalue weighted by molar-refractivity contribution is -0.167. The number of amides is 2. The fourth-order valence-electron chi connectivity index (χ4n) is 2.10. The van der Waals surface area contributed by atoms with Crippen molar-refractivity contribution in [2.24, 2.45) is 0 Å². The molecule has 0 saturated carbocycles. The van der Waals surface area contributed by atoms with Gasteiger partial charge in [-0.1, -0.05) is 12.1 Å². The second-order valence-corrected chi connectivity index (χ2v) is 7.53. The summed E-state index contributed by atoms with van der Waals surface area (Å²) in [5.41, 5.74) is 1.20. The molecule has 0 aliphatic rings. The van der Waals surface area contributed by atoms with Crippen LogP contribution in [0.4, 0.5) is 24.5 Å². The maximum atomic E-state index is 12.2. The Bertz CT molecular complexity index is 957. The summed E-state index contributed by atoms with van der Waals surface area (Å²) in [6, 6.07) is 11.3. The third-order valence-electron chi connectivity index (χ3n) is 3.37. The van der Waals surface area contributed by atoms with E-state index < -0.39 is 28.0 Å². The van der Waals surface area contributed by atoms with Crippen molar-refractivity contribution in [1.82, 2.24) is 5.32 Å². The highest BCUT2D eigenvalue weighted by Crippen LogP contribution is 2.18. The first-order chi connectivity index (χ1) is 12.9. The summed E-state index contributed by atoms with van der Waals surface area (Å²) in [5.74, 6) is -2.48. The number of hydrogen-bond donors (Lipinski definition) is 3. The molecular weight excluding hydrogens is 399 g/mol. The van der Waals surface area contributed by atoms with Crippen molar-refractivity contribution in [3.05, 3.63) is 59.7 Å². The number of halogens is 3. The molecular formula is C17H16F3N3O4S. The van der Waals surface area contributed by atoms with Crippen molar-refractivity contribution in [1.29, 1.82) is 0 Å². The van der Waals surface area contributed by atoms with E-state index in [1.807, 2.05) is 0 Å². The molecule has 3 N–H and O–H groups in total. The van der Waals surface area contributed by atoms with Crippen molar-refractivity contribution in [2.75, 3.05) is 16.3 Å². The predicted octanol–water partition coefficient (Wildman–Crippen LogP) is 2.49. The summed E-state index contributed by atoms with van der Waals surface area (Å²) in [4.78, 5) is 23.0. The topological polar surface area (TPSA) is 104 Å². The lowest BCUT2D eigenvalue weighted by Gasteiger charge is -2.09. The van der Waals surface area contributed by atoms with Crippen LogP contribution in [0.25, 0.3) is 0 Å². The van der Waals surface area contributed by atoms with Crippen molar-refractivity contribution in [3.63, 3.8) is 0 Å². The van der Waals surface area contributed by atoms with E-state index in [4.69, 9.17) is 0 Å². The van der Waals surface area contributed by atoms with Crippen LogP contribution in [0.5, 0.6) is 0 Å². The Labute approximate surface area is 159 Å². The smallest absolute Gasteiger partial charge is 0.348 e. The maximum absolute atomic E-state index is 12.2. The van der Waals surface area contributed by atoms with Gasteiger partial charge in [-0.15, -0.1) is 0 Å². The normalized spacial score (nSPS) is 11.6. The molecule has 11 heteroatoms. The molecule has 0 spiro atoms. The zero-order chi connectivity index (χ0) is 20.9. The van der Waals surface area contributed by atoms with Gasteiger partial charge in [0.05, 0.1) is 6.26 Å². The van der Waals surface area contributed by atoms with Crippen LogP contribution in [0.1, 0.15) is 15.9 Å². The standard InChI is InChI=1S/C17H16F3N3O4S/c1-28(26,27)23-14-8-4-12(5-9-14)15(24)21-10-11-2-6-13(7-3-11)22-16(25)17(18,19)20/h2-9,23H,10H2,1H3,(H,21,24)(H,22,25). The van der Waals surface area contributed by atoms with Crippen molar-refractivity contribution in [3.8, 4) is 0 Å². The minimum atomic E-state index is -4.97. The van der Waals surface area contributed by atoms with Gasteiger partial charge in [-0.05, 0) is 42.0 Å². The minimum absolute atomic E-state index is 0.0219. The highest BCUT2D eigenvalue weighted by molar-refractivity contribution is 7.92. The van der Waals surface area contributed by atoms with E-state index in [9.17, 15) is 31.2 Å². The molecule has 0 atom stereocenters. The van der Waals surface area contributed by atoms with Gasteiger partial charge in [0.1, 0.15) is 0 Å². The van der Waals surface area contributed by atoms with E-state index in [0.29, 0.717) is 16.8 Å². The fourth-order valence-corrected chi connectivity index (χ4v) is 2.66. The SMILES string of the molecule is CS(=O)(=O)Nc1ccc(C(=O)NCc2ccc(NC(=O)C(F)(F)F)cc2)cc1. The number of hydrogen-bond acceptors (Lipinski definition) is 4. The zero-order valence-electron chi connectivity index (χ0n) is 14.5. The van der Waals surface area contributed by atoms with Crippen molar-refractivity contribution >= 4 is 33.2 Å². The molecule has 2 rings (SSSR count). The highest BCUT2D eigenvalue weighted by atomic mass is 32.2. The number of anilines is 2. The first-order valence-corrected chi connectivity index (χ1v) is 9.66. The molecule has 28 heavy (non-hydrogen) atoms. The predicted molar refractivity (Wildman–Crippen MR) is 97.2 cm³/mol. The van der Waals surface area contributed by atoms with Crippen LogP contribution in [0.3, 0.4) is 0 Å². The molecule has 2 aromatic carbocycles. The van der Waals surface area contributed by atoms with Crippen LogP contribution in [0.15, 0.2) is 48.5 Å². The second kappa shape index (κ2) is 8.30. The number of carbonyl (C=O) groups excluding carboxylic acids is 2. The molecule has 0 heterocycles. The van der Waals surface area contributed by atoms with Gasteiger partial charge in [0.25, 0.3) is 5.91 Å². The summed E-state index contributed by atoms with van der Waals surface area (Å²) in [7, 11) is -3.42. The van der Waals surface area contributed by atoms with Gasteiger partial charge in [0, 0.05) is 23.5 Å². The van der Waals surface area contributed by atoms with Crippen LogP contribution >= 0.6 is 0 Å². The zero-order valence-corrected chi connectivity index (χ0v) is 15.3. The van der Waals surface area contributed by atoms with E-state index >= 15 is 0 Å². The summed E-state index contributed by atoms with van der Waals surface area (Å²) >= 11 is 0.